The molecule has 2 unspecified atom stereocenters. The maximum Gasteiger partial charge on any atom is 0.505 e. The Kier molecular flexibility index (Phi) is 5.18. The molecule has 13 heavy (non-hydrogen) atoms. The van der Waals surface area contributed by atoms with E-state index in [1.807, 2.05) is 0 Å². The minimum atomic E-state index is -2.39. The van der Waals surface area contributed by atoms with Crippen LogP contribution in [0.1, 0.15) is 12.8 Å². The Morgan fingerprint density at radius 2 is 1.85 bits per heavy atom. The standard InChI is InChI=1S/C6H9O6P/c7-5(8)3-4(6(9)10)1-2-13(11)12/h4H,1-3H2,(H2-,7,8,9,10,11,12)/p+1. The lowest BCUT2D eigenvalue weighted by Gasteiger charge is -2.04. The molecule has 0 aliphatic heterocycles. The second-order valence-corrected chi connectivity index (χ2v) is 3.65. The average Bonchev–Trinajstić information content (AvgIpc) is 1.96. The third-order valence-corrected chi connectivity index (χ3v) is 2.08. The van der Waals surface area contributed by atoms with E-state index in [0.29, 0.717) is 0 Å². The second kappa shape index (κ2) is 5.61. The van der Waals surface area contributed by atoms with Gasteiger partial charge in [-0.15, -0.1) is 0 Å². The van der Waals surface area contributed by atoms with E-state index in [4.69, 9.17) is 15.1 Å². The molecule has 0 aliphatic rings. The summed E-state index contributed by atoms with van der Waals surface area (Å²) in [7, 11) is -2.39. The number of hydrogen-bond donors (Lipinski definition) is 3. The number of hydrogen-bond acceptors (Lipinski definition) is 3. The topological polar surface area (TPSA) is 112 Å². The third-order valence-electron chi connectivity index (χ3n) is 1.44. The fraction of sp³-hybridized carbons (Fsp3) is 0.667. The summed E-state index contributed by atoms with van der Waals surface area (Å²) in [6.45, 7) is 0. The molecule has 0 saturated heterocycles. The first-order valence-corrected chi connectivity index (χ1v) is 4.91. The highest BCUT2D eigenvalue weighted by atomic mass is 31.1. The smallest absolute Gasteiger partial charge is 0.481 e. The van der Waals surface area contributed by atoms with Gasteiger partial charge in [-0.1, -0.05) is 0 Å². The average molecular weight is 209 g/mol. The van der Waals surface area contributed by atoms with E-state index in [2.05, 4.69) is 0 Å². The highest BCUT2D eigenvalue weighted by Crippen LogP contribution is 2.19. The minimum Gasteiger partial charge on any atom is -0.481 e. The number of carbonyl (C=O) groups is 2. The van der Waals surface area contributed by atoms with E-state index in [-0.39, 0.29) is 12.6 Å². The molecule has 0 aromatic rings. The van der Waals surface area contributed by atoms with Gasteiger partial charge in [0.05, 0.1) is 12.3 Å². The van der Waals surface area contributed by atoms with E-state index in [0.717, 1.165) is 0 Å². The Hall–Kier alpha value is -1.00. The summed E-state index contributed by atoms with van der Waals surface area (Å²) in [4.78, 5) is 29.0. The van der Waals surface area contributed by atoms with Gasteiger partial charge in [0, 0.05) is 6.42 Å². The zero-order valence-corrected chi connectivity index (χ0v) is 7.61. The molecule has 0 heterocycles. The van der Waals surface area contributed by atoms with Crippen LogP contribution in [0.15, 0.2) is 0 Å². The van der Waals surface area contributed by atoms with E-state index >= 15 is 0 Å². The number of carboxylic acids is 2. The van der Waals surface area contributed by atoms with Crippen LogP contribution < -0.4 is 0 Å². The van der Waals surface area contributed by atoms with Gasteiger partial charge >= 0.3 is 20.0 Å². The van der Waals surface area contributed by atoms with Crippen molar-refractivity contribution in [3.05, 3.63) is 0 Å². The molecule has 3 N–H and O–H groups in total. The van der Waals surface area contributed by atoms with Gasteiger partial charge in [0.1, 0.15) is 0 Å². The van der Waals surface area contributed by atoms with E-state index in [1.54, 1.807) is 0 Å². The van der Waals surface area contributed by atoms with Crippen LogP contribution in [0.4, 0.5) is 0 Å². The highest BCUT2D eigenvalue weighted by molar-refractivity contribution is 7.37. The molecule has 74 valence electrons. The quantitative estimate of drug-likeness (QED) is 0.542. The summed E-state index contributed by atoms with van der Waals surface area (Å²) < 4.78 is 10.2. The number of carboxylic acid groups (broad SMARTS) is 2. The lowest BCUT2D eigenvalue weighted by atomic mass is 10.0. The maximum absolute atomic E-state index is 10.4. The molecule has 0 saturated carbocycles. The molecular formula is C6H10O6P+. The maximum atomic E-state index is 10.4. The minimum absolute atomic E-state index is 0.0899. The first kappa shape index (κ1) is 12.0. The van der Waals surface area contributed by atoms with Crippen molar-refractivity contribution in [2.24, 2.45) is 5.92 Å². The summed E-state index contributed by atoms with van der Waals surface area (Å²) in [5.74, 6) is -3.55. The van der Waals surface area contributed by atoms with Crippen LogP contribution in [0.25, 0.3) is 0 Å². The lowest BCUT2D eigenvalue weighted by Crippen LogP contribution is -2.18. The highest BCUT2D eigenvalue weighted by Gasteiger charge is 2.24. The summed E-state index contributed by atoms with van der Waals surface area (Å²) in [5.41, 5.74) is 0. The molecule has 7 heteroatoms. The summed E-state index contributed by atoms with van der Waals surface area (Å²) in [6.07, 6.45) is -0.786. The second-order valence-electron chi connectivity index (χ2n) is 2.50. The molecule has 0 amide bonds. The zero-order chi connectivity index (χ0) is 10.4. The normalized spacial score (nSPS) is 13.5. The van der Waals surface area contributed by atoms with Gasteiger partial charge in [0.2, 0.25) is 0 Å². The Bertz CT molecular complexity index is 225. The lowest BCUT2D eigenvalue weighted by molar-refractivity contribution is -0.148. The van der Waals surface area contributed by atoms with Crippen LogP contribution in [-0.2, 0) is 14.2 Å². The molecule has 0 fully saturated rings. The van der Waals surface area contributed by atoms with Gasteiger partial charge in [0.15, 0.2) is 6.16 Å². The van der Waals surface area contributed by atoms with E-state index in [9.17, 15) is 14.2 Å². The number of rotatable bonds is 6. The zero-order valence-electron chi connectivity index (χ0n) is 6.71. The Morgan fingerprint density at radius 3 is 2.15 bits per heavy atom. The van der Waals surface area contributed by atoms with Crippen molar-refractivity contribution in [2.45, 2.75) is 12.8 Å². The summed E-state index contributed by atoms with van der Waals surface area (Å²) >= 11 is 0. The molecule has 0 aromatic heterocycles. The first-order valence-electron chi connectivity index (χ1n) is 3.51. The van der Waals surface area contributed by atoms with Crippen molar-refractivity contribution in [2.75, 3.05) is 6.16 Å². The van der Waals surface area contributed by atoms with Gasteiger partial charge in [-0.2, -0.15) is 4.89 Å². The molecule has 0 aliphatic carbocycles. The van der Waals surface area contributed by atoms with E-state index in [1.165, 1.54) is 0 Å². The van der Waals surface area contributed by atoms with Crippen molar-refractivity contribution >= 4 is 20.0 Å². The third kappa shape index (κ3) is 6.19. The van der Waals surface area contributed by atoms with Crippen molar-refractivity contribution in [1.29, 1.82) is 0 Å². The van der Waals surface area contributed by atoms with Gasteiger partial charge in [-0.3, -0.25) is 9.59 Å². The molecule has 6 nitrogen and oxygen atoms in total. The van der Waals surface area contributed by atoms with Crippen molar-refractivity contribution < 1.29 is 29.3 Å². The first-order chi connectivity index (χ1) is 5.93. The molecular weight excluding hydrogens is 199 g/mol. The Morgan fingerprint density at radius 1 is 1.31 bits per heavy atom. The number of aliphatic carboxylic acids is 2. The predicted octanol–water partition coefficient (Wildman–Crippen LogP) is 0.287. The van der Waals surface area contributed by atoms with Gasteiger partial charge < -0.3 is 10.2 Å². The fourth-order valence-electron chi connectivity index (χ4n) is 0.790. The predicted molar refractivity (Wildman–Crippen MR) is 42.7 cm³/mol. The SMILES string of the molecule is O=C(O)CC(CC[P+](=O)O)C(=O)O. The van der Waals surface area contributed by atoms with Crippen molar-refractivity contribution in [3.63, 3.8) is 0 Å². The van der Waals surface area contributed by atoms with Crippen LogP contribution in [0.2, 0.25) is 0 Å². The molecule has 0 rings (SSSR count). The molecule has 2 atom stereocenters. The van der Waals surface area contributed by atoms with Gasteiger partial charge in [0.25, 0.3) is 0 Å². The van der Waals surface area contributed by atoms with Crippen LogP contribution in [-0.4, -0.2) is 33.2 Å². The molecule has 0 bridgehead atoms. The molecule has 0 aromatic carbocycles. The van der Waals surface area contributed by atoms with Crippen LogP contribution >= 0.6 is 8.03 Å². The van der Waals surface area contributed by atoms with Gasteiger partial charge in [-0.05, 0) is 4.57 Å². The van der Waals surface area contributed by atoms with Crippen molar-refractivity contribution in [1.82, 2.24) is 0 Å². The van der Waals surface area contributed by atoms with Crippen LogP contribution in [0, 0.1) is 5.92 Å². The largest absolute Gasteiger partial charge is 0.505 e. The van der Waals surface area contributed by atoms with Gasteiger partial charge in [-0.25, -0.2) is 0 Å². The fourth-order valence-corrected chi connectivity index (χ4v) is 1.32. The monoisotopic (exact) mass is 209 g/mol. The Balaban J connectivity index is 4.02. The molecule has 0 spiro atoms. The van der Waals surface area contributed by atoms with Crippen LogP contribution in [0.3, 0.4) is 0 Å². The van der Waals surface area contributed by atoms with Crippen LogP contribution in [0.5, 0.6) is 0 Å². The molecule has 0 radical (unpaired) electrons. The summed E-state index contributed by atoms with van der Waals surface area (Å²) in [6, 6.07) is 0. The van der Waals surface area contributed by atoms with Crippen molar-refractivity contribution in [3.8, 4) is 0 Å². The summed E-state index contributed by atoms with van der Waals surface area (Å²) in [5, 5.41) is 16.8. The van der Waals surface area contributed by atoms with E-state index < -0.39 is 32.3 Å². The Labute approximate surface area is 75.1 Å².